The number of esters is 1. The van der Waals surface area contributed by atoms with Crippen LogP contribution in [0.2, 0.25) is 10.0 Å². The molecule has 0 unspecified atom stereocenters. The van der Waals surface area contributed by atoms with Crippen molar-refractivity contribution in [2.24, 2.45) is 5.73 Å². The number of para-hydroxylation sites is 3. The van der Waals surface area contributed by atoms with E-state index in [1.54, 1.807) is 18.2 Å². The molecule has 4 rings (SSSR count). The summed E-state index contributed by atoms with van der Waals surface area (Å²) in [4.78, 5) is 28.0. The monoisotopic (exact) mass is 524 g/mol. The topological polar surface area (TPSA) is 109 Å². The first-order valence-electron chi connectivity index (χ1n) is 11.4. The van der Waals surface area contributed by atoms with E-state index < -0.39 is 12.0 Å². The molecule has 9 heteroatoms. The summed E-state index contributed by atoms with van der Waals surface area (Å²) in [5.41, 5.74) is 10.0. The summed E-state index contributed by atoms with van der Waals surface area (Å²) in [6.07, 6.45) is 2.31. The highest BCUT2D eigenvalue weighted by Gasteiger charge is 2.16. The molecule has 0 saturated heterocycles. The number of nitrogens with two attached hydrogens (primary N) is 1. The number of aromatic nitrogens is 1. The lowest BCUT2D eigenvalue weighted by Gasteiger charge is -2.15. The molecule has 3 aromatic carbocycles. The Kier molecular flexibility index (Phi) is 8.48. The van der Waals surface area contributed by atoms with Crippen molar-refractivity contribution < 1.29 is 14.3 Å². The highest BCUT2D eigenvalue weighted by atomic mass is 35.5. The van der Waals surface area contributed by atoms with E-state index in [1.807, 2.05) is 54.7 Å². The van der Waals surface area contributed by atoms with Gasteiger partial charge in [0.05, 0.1) is 34.7 Å². The number of ether oxygens (including phenoxy) is 1. The lowest BCUT2D eigenvalue weighted by molar-refractivity contribution is -0.143. The van der Waals surface area contributed by atoms with Crippen molar-refractivity contribution in [3.8, 4) is 0 Å². The van der Waals surface area contributed by atoms with Gasteiger partial charge >= 0.3 is 5.97 Å². The maximum absolute atomic E-state index is 12.4. The van der Waals surface area contributed by atoms with Crippen molar-refractivity contribution in [2.75, 3.05) is 18.5 Å². The van der Waals surface area contributed by atoms with Crippen molar-refractivity contribution in [2.45, 2.75) is 18.9 Å². The molecule has 0 saturated carbocycles. The second-order valence-electron chi connectivity index (χ2n) is 8.24. The Morgan fingerprint density at radius 2 is 1.67 bits per heavy atom. The largest absolute Gasteiger partial charge is 0.464 e. The maximum atomic E-state index is 12.4. The van der Waals surface area contributed by atoms with Gasteiger partial charge in [0.15, 0.2) is 0 Å². The van der Waals surface area contributed by atoms with E-state index in [1.165, 1.54) is 0 Å². The van der Waals surface area contributed by atoms with Gasteiger partial charge in [-0.2, -0.15) is 0 Å². The molecule has 1 atom stereocenters. The quantitative estimate of drug-likeness (QED) is 0.172. The summed E-state index contributed by atoms with van der Waals surface area (Å²) in [6.45, 7) is 0.206. The number of H-pyrrole nitrogens is 1. The van der Waals surface area contributed by atoms with Gasteiger partial charge in [0.2, 0.25) is 5.91 Å². The SMILES string of the molecule is N[C@@H](Cc1c[nH]c2ccccc12)C(=O)NCCOC(=O)Cc1ccccc1Nc1c(Cl)cccc1Cl. The summed E-state index contributed by atoms with van der Waals surface area (Å²) >= 11 is 12.5. The minimum absolute atomic E-state index is 0.0380. The Bertz CT molecular complexity index is 1350. The Balaban J connectivity index is 1.24. The van der Waals surface area contributed by atoms with E-state index in [4.69, 9.17) is 33.7 Å². The van der Waals surface area contributed by atoms with Crippen molar-refractivity contribution in [1.82, 2.24) is 10.3 Å². The van der Waals surface area contributed by atoms with Crippen molar-refractivity contribution >= 4 is 57.4 Å². The zero-order valence-corrected chi connectivity index (χ0v) is 20.9. The second-order valence-corrected chi connectivity index (χ2v) is 9.05. The molecule has 1 aromatic heterocycles. The van der Waals surface area contributed by atoms with Gasteiger partial charge in [-0.05, 0) is 41.8 Å². The Hall–Kier alpha value is -3.52. The number of carbonyl (C=O) groups is 2. The van der Waals surface area contributed by atoms with Crippen molar-refractivity contribution in [3.63, 3.8) is 0 Å². The molecule has 1 amide bonds. The van der Waals surface area contributed by atoms with Crippen LogP contribution in [0.1, 0.15) is 11.1 Å². The van der Waals surface area contributed by atoms with Gasteiger partial charge in [-0.3, -0.25) is 9.59 Å². The van der Waals surface area contributed by atoms with Crippen LogP contribution < -0.4 is 16.4 Å². The molecule has 0 aliphatic heterocycles. The molecule has 4 aromatic rings. The molecule has 0 aliphatic carbocycles. The molecule has 186 valence electrons. The number of amides is 1. The highest BCUT2D eigenvalue weighted by molar-refractivity contribution is 6.39. The van der Waals surface area contributed by atoms with Gasteiger partial charge in [0.25, 0.3) is 0 Å². The van der Waals surface area contributed by atoms with Crippen LogP contribution in [-0.4, -0.2) is 36.1 Å². The summed E-state index contributed by atoms with van der Waals surface area (Å²) in [5.74, 6) is -0.727. The van der Waals surface area contributed by atoms with E-state index in [0.717, 1.165) is 22.0 Å². The number of hydrogen-bond acceptors (Lipinski definition) is 5. The normalized spacial score (nSPS) is 11.8. The Morgan fingerprint density at radius 1 is 0.944 bits per heavy atom. The van der Waals surface area contributed by atoms with E-state index in [9.17, 15) is 9.59 Å². The number of halogens is 2. The number of anilines is 2. The molecule has 0 spiro atoms. The average molecular weight is 525 g/mol. The number of rotatable bonds is 10. The summed E-state index contributed by atoms with van der Waals surface area (Å²) < 4.78 is 5.31. The molecular weight excluding hydrogens is 499 g/mol. The molecule has 5 N–H and O–H groups in total. The third-order valence-electron chi connectivity index (χ3n) is 5.69. The minimum atomic E-state index is -0.713. The first-order chi connectivity index (χ1) is 17.4. The first-order valence-corrected chi connectivity index (χ1v) is 12.2. The Labute approximate surface area is 218 Å². The maximum Gasteiger partial charge on any atom is 0.310 e. The summed E-state index contributed by atoms with van der Waals surface area (Å²) in [6, 6.07) is 19.7. The first kappa shape index (κ1) is 25.6. The van der Waals surface area contributed by atoms with Crippen LogP contribution in [0, 0.1) is 0 Å². The molecular formula is C27H26Cl2N4O3. The molecule has 0 radical (unpaired) electrons. The minimum Gasteiger partial charge on any atom is -0.464 e. The van der Waals surface area contributed by atoms with E-state index in [-0.39, 0.29) is 25.5 Å². The van der Waals surface area contributed by atoms with Crippen LogP contribution >= 0.6 is 23.2 Å². The van der Waals surface area contributed by atoms with Crippen LogP contribution in [0.5, 0.6) is 0 Å². The smallest absolute Gasteiger partial charge is 0.310 e. The number of benzene rings is 3. The van der Waals surface area contributed by atoms with Gasteiger partial charge in [0, 0.05) is 22.8 Å². The number of nitrogens with one attached hydrogen (secondary N) is 3. The van der Waals surface area contributed by atoms with Crippen LogP contribution in [0.25, 0.3) is 10.9 Å². The third kappa shape index (κ3) is 6.37. The van der Waals surface area contributed by atoms with E-state index in [2.05, 4.69) is 15.6 Å². The lowest BCUT2D eigenvalue weighted by atomic mass is 10.1. The van der Waals surface area contributed by atoms with Gasteiger partial charge in [-0.15, -0.1) is 0 Å². The molecule has 0 aliphatic rings. The zero-order chi connectivity index (χ0) is 25.5. The van der Waals surface area contributed by atoms with Crippen molar-refractivity contribution in [3.05, 3.63) is 94.1 Å². The van der Waals surface area contributed by atoms with Gasteiger partial charge in [0.1, 0.15) is 6.61 Å². The predicted octanol–water partition coefficient (Wildman–Crippen LogP) is 4.99. The molecule has 36 heavy (non-hydrogen) atoms. The molecule has 0 fully saturated rings. The molecule has 1 heterocycles. The fourth-order valence-electron chi connectivity index (χ4n) is 3.86. The van der Waals surface area contributed by atoms with Gasteiger partial charge < -0.3 is 26.1 Å². The summed E-state index contributed by atoms with van der Waals surface area (Å²) in [7, 11) is 0. The van der Waals surface area contributed by atoms with Crippen LogP contribution in [0.15, 0.2) is 72.9 Å². The second kappa shape index (κ2) is 11.9. The van der Waals surface area contributed by atoms with E-state index in [0.29, 0.717) is 27.8 Å². The highest BCUT2D eigenvalue weighted by Crippen LogP contribution is 2.33. The number of fused-ring (bicyclic) bond motifs is 1. The lowest BCUT2D eigenvalue weighted by Crippen LogP contribution is -2.43. The fraction of sp³-hybridized carbons (Fsp3) is 0.185. The van der Waals surface area contributed by atoms with Crippen molar-refractivity contribution in [1.29, 1.82) is 0 Å². The molecule has 7 nitrogen and oxygen atoms in total. The summed E-state index contributed by atoms with van der Waals surface area (Å²) in [5, 5.41) is 7.90. The Morgan fingerprint density at radius 3 is 2.47 bits per heavy atom. The number of aromatic amines is 1. The van der Waals surface area contributed by atoms with Crippen LogP contribution in [0.3, 0.4) is 0 Å². The molecule has 0 bridgehead atoms. The third-order valence-corrected chi connectivity index (χ3v) is 6.32. The van der Waals surface area contributed by atoms with Crippen LogP contribution in [-0.2, 0) is 27.2 Å². The van der Waals surface area contributed by atoms with Gasteiger partial charge in [-0.1, -0.05) is 65.7 Å². The predicted molar refractivity (Wildman–Crippen MR) is 144 cm³/mol. The van der Waals surface area contributed by atoms with E-state index >= 15 is 0 Å². The zero-order valence-electron chi connectivity index (χ0n) is 19.4. The number of carbonyl (C=O) groups excluding carboxylic acids is 2. The van der Waals surface area contributed by atoms with Crippen LogP contribution in [0.4, 0.5) is 11.4 Å². The van der Waals surface area contributed by atoms with Gasteiger partial charge in [-0.25, -0.2) is 0 Å². The number of hydrogen-bond donors (Lipinski definition) is 4. The standard InChI is InChI=1S/C27H26Cl2N4O3/c28-20-8-5-9-21(29)26(20)33-23-10-3-1-6-17(23)15-25(34)36-13-12-31-27(35)22(30)14-18-16-32-24-11-4-2-7-19(18)24/h1-11,16,22,32-33H,12-15,30H2,(H,31,35)/t22-/m0/s1. The fourth-order valence-corrected chi connectivity index (χ4v) is 4.35. The average Bonchev–Trinajstić information content (AvgIpc) is 3.27.